The molecule has 0 atom stereocenters. The van der Waals surface area contributed by atoms with E-state index in [1.165, 1.54) is 0 Å². The molecule has 25 heavy (non-hydrogen) atoms. The lowest BCUT2D eigenvalue weighted by molar-refractivity contribution is 0.811. The molecule has 5 rings (SSSR count). The summed E-state index contributed by atoms with van der Waals surface area (Å²) < 4.78 is 3.63. The third-order valence-corrected chi connectivity index (χ3v) is 4.43. The van der Waals surface area contributed by atoms with Gasteiger partial charge in [-0.15, -0.1) is 5.10 Å². The Labute approximate surface area is 147 Å². The monoisotopic (exact) mass is 346 g/mol. The van der Waals surface area contributed by atoms with Gasteiger partial charge in [-0.25, -0.2) is 4.98 Å². The van der Waals surface area contributed by atoms with Gasteiger partial charge in [0.05, 0.1) is 5.39 Å². The van der Waals surface area contributed by atoms with Gasteiger partial charge in [0.15, 0.2) is 11.3 Å². The Kier molecular flexibility index (Phi) is 3.05. The Morgan fingerprint density at radius 2 is 1.68 bits per heavy atom. The summed E-state index contributed by atoms with van der Waals surface area (Å²) in [6.45, 7) is 0. The third kappa shape index (κ3) is 2.19. The van der Waals surface area contributed by atoms with Crippen LogP contribution in [0, 0.1) is 0 Å². The fourth-order valence-electron chi connectivity index (χ4n) is 3.02. The van der Waals surface area contributed by atoms with Gasteiger partial charge in [0, 0.05) is 22.5 Å². The third-order valence-electron chi connectivity index (χ3n) is 4.17. The smallest absolute Gasteiger partial charge is 0.192 e. The lowest BCUT2D eigenvalue weighted by Gasteiger charge is -2.03. The van der Waals surface area contributed by atoms with Crippen LogP contribution in [-0.2, 0) is 0 Å². The predicted octanol–water partition coefficient (Wildman–Crippen LogP) is 3.78. The number of nitrogens with zero attached hydrogens (tertiary/aromatic N) is 6. The van der Waals surface area contributed by atoms with Crippen LogP contribution in [0.5, 0.6) is 0 Å². The van der Waals surface area contributed by atoms with Gasteiger partial charge in [-0.1, -0.05) is 41.9 Å². The van der Waals surface area contributed by atoms with E-state index in [2.05, 4.69) is 26.7 Å². The van der Waals surface area contributed by atoms with Crippen molar-refractivity contribution in [1.82, 2.24) is 29.6 Å². The van der Waals surface area contributed by atoms with Gasteiger partial charge in [0.1, 0.15) is 6.33 Å². The van der Waals surface area contributed by atoms with E-state index in [1.807, 2.05) is 59.2 Å². The second-order valence-corrected chi connectivity index (χ2v) is 6.08. The summed E-state index contributed by atoms with van der Waals surface area (Å²) >= 11 is 6.04. The Morgan fingerprint density at radius 3 is 2.48 bits per heavy atom. The van der Waals surface area contributed by atoms with Crippen molar-refractivity contribution < 1.29 is 0 Å². The van der Waals surface area contributed by atoms with Gasteiger partial charge in [-0.05, 0) is 40.3 Å². The molecule has 0 aliphatic rings. The van der Waals surface area contributed by atoms with Crippen molar-refractivity contribution in [2.24, 2.45) is 0 Å². The number of tetrazole rings is 1. The Balaban J connectivity index is 1.90. The summed E-state index contributed by atoms with van der Waals surface area (Å²) in [7, 11) is 0. The van der Waals surface area contributed by atoms with Crippen LogP contribution in [-0.4, -0.2) is 29.6 Å². The maximum atomic E-state index is 6.04. The number of fused-ring (bicyclic) bond motifs is 3. The number of aromatic nitrogens is 6. The molecular formula is C18H11ClN6. The first-order valence-corrected chi connectivity index (χ1v) is 8.08. The lowest BCUT2D eigenvalue weighted by atomic mass is 10.1. The van der Waals surface area contributed by atoms with Crippen molar-refractivity contribution in [3.63, 3.8) is 0 Å². The molecule has 6 nitrogen and oxygen atoms in total. The molecule has 0 bridgehead atoms. The van der Waals surface area contributed by atoms with E-state index in [4.69, 9.17) is 11.6 Å². The number of para-hydroxylation sites is 1. The average Bonchev–Trinajstić information content (AvgIpc) is 3.27. The van der Waals surface area contributed by atoms with Crippen LogP contribution < -0.4 is 0 Å². The summed E-state index contributed by atoms with van der Waals surface area (Å²) in [5.74, 6) is 0. The van der Waals surface area contributed by atoms with E-state index in [0.29, 0.717) is 10.7 Å². The molecular weight excluding hydrogens is 336 g/mol. The van der Waals surface area contributed by atoms with Crippen LogP contribution in [0.15, 0.2) is 67.1 Å². The highest BCUT2D eigenvalue weighted by molar-refractivity contribution is 6.30. The standard InChI is InChI=1S/C18H11ClN6/c19-13-8-6-12(7-9-13)15-10-24(14-4-2-1-3-5-14)17-16(15)18-21-22-23-25(18)11-20-17/h1-11H. The molecule has 3 aromatic heterocycles. The van der Waals surface area contributed by atoms with Gasteiger partial charge in [0.25, 0.3) is 0 Å². The zero-order valence-electron chi connectivity index (χ0n) is 12.9. The highest BCUT2D eigenvalue weighted by atomic mass is 35.5. The molecule has 0 spiro atoms. The van der Waals surface area contributed by atoms with E-state index < -0.39 is 0 Å². The van der Waals surface area contributed by atoms with Crippen molar-refractivity contribution in [3.8, 4) is 16.8 Å². The van der Waals surface area contributed by atoms with Crippen LogP contribution >= 0.6 is 11.6 Å². The second kappa shape index (κ2) is 5.39. The molecule has 0 saturated carbocycles. The molecule has 3 heterocycles. The summed E-state index contributed by atoms with van der Waals surface area (Å²) in [6.07, 6.45) is 3.69. The molecule has 0 aliphatic carbocycles. The van der Waals surface area contributed by atoms with Gasteiger partial charge in [0.2, 0.25) is 0 Å². The summed E-state index contributed by atoms with van der Waals surface area (Å²) in [5.41, 5.74) is 4.53. The molecule has 5 aromatic rings. The van der Waals surface area contributed by atoms with Crippen molar-refractivity contribution in [2.75, 3.05) is 0 Å². The topological polar surface area (TPSA) is 60.9 Å². The van der Waals surface area contributed by atoms with Gasteiger partial charge < -0.3 is 4.57 Å². The lowest BCUT2D eigenvalue weighted by Crippen LogP contribution is -1.96. The largest absolute Gasteiger partial charge is 0.301 e. The molecule has 0 fully saturated rings. The first-order valence-electron chi connectivity index (χ1n) is 7.70. The van der Waals surface area contributed by atoms with Crippen LogP contribution in [0.25, 0.3) is 33.5 Å². The summed E-state index contributed by atoms with van der Waals surface area (Å²) in [5, 5.41) is 13.5. The number of halogens is 1. The van der Waals surface area contributed by atoms with Gasteiger partial charge >= 0.3 is 0 Å². The summed E-state index contributed by atoms with van der Waals surface area (Å²) in [6, 6.07) is 17.8. The first kappa shape index (κ1) is 14.1. The Hall–Kier alpha value is -3.25. The average molecular weight is 347 g/mol. The fourth-order valence-corrected chi connectivity index (χ4v) is 3.15. The van der Waals surface area contributed by atoms with Gasteiger partial charge in [-0.2, -0.15) is 4.52 Å². The highest BCUT2D eigenvalue weighted by Gasteiger charge is 2.17. The van der Waals surface area contributed by atoms with Crippen LogP contribution in [0.1, 0.15) is 0 Å². The molecule has 0 saturated heterocycles. The van der Waals surface area contributed by atoms with Crippen molar-refractivity contribution in [3.05, 3.63) is 72.1 Å². The molecule has 120 valence electrons. The maximum absolute atomic E-state index is 6.04. The minimum atomic E-state index is 0.671. The normalized spacial score (nSPS) is 11.4. The molecule has 0 unspecified atom stereocenters. The molecule has 0 N–H and O–H groups in total. The zero-order valence-corrected chi connectivity index (χ0v) is 13.7. The zero-order chi connectivity index (χ0) is 16.8. The minimum absolute atomic E-state index is 0.671. The Morgan fingerprint density at radius 1 is 0.880 bits per heavy atom. The first-order chi connectivity index (χ1) is 12.3. The molecule has 2 aromatic carbocycles. The van der Waals surface area contributed by atoms with E-state index >= 15 is 0 Å². The van der Waals surface area contributed by atoms with E-state index in [1.54, 1.807) is 10.8 Å². The van der Waals surface area contributed by atoms with Gasteiger partial charge in [-0.3, -0.25) is 0 Å². The highest BCUT2D eigenvalue weighted by Crippen LogP contribution is 2.33. The number of hydrogen-bond donors (Lipinski definition) is 0. The quantitative estimate of drug-likeness (QED) is 0.488. The maximum Gasteiger partial charge on any atom is 0.192 e. The predicted molar refractivity (Wildman–Crippen MR) is 95.9 cm³/mol. The molecule has 7 heteroatoms. The van der Waals surface area contributed by atoms with Crippen molar-refractivity contribution in [2.45, 2.75) is 0 Å². The van der Waals surface area contributed by atoms with Crippen molar-refractivity contribution in [1.29, 1.82) is 0 Å². The molecule has 0 radical (unpaired) electrons. The molecule has 0 amide bonds. The second-order valence-electron chi connectivity index (χ2n) is 5.65. The van der Waals surface area contributed by atoms with E-state index in [9.17, 15) is 0 Å². The van der Waals surface area contributed by atoms with E-state index in [-0.39, 0.29) is 0 Å². The minimum Gasteiger partial charge on any atom is -0.301 e. The number of rotatable bonds is 2. The summed E-state index contributed by atoms with van der Waals surface area (Å²) in [4.78, 5) is 4.58. The van der Waals surface area contributed by atoms with Crippen molar-refractivity contribution >= 4 is 28.3 Å². The number of benzene rings is 2. The van der Waals surface area contributed by atoms with Crippen LogP contribution in [0.4, 0.5) is 0 Å². The van der Waals surface area contributed by atoms with E-state index in [0.717, 1.165) is 27.8 Å². The molecule has 0 aliphatic heterocycles. The fraction of sp³-hybridized carbons (Fsp3) is 0. The van der Waals surface area contributed by atoms with Crippen LogP contribution in [0.3, 0.4) is 0 Å². The number of hydrogen-bond acceptors (Lipinski definition) is 4. The Bertz CT molecular complexity index is 1190. The van der Waals surface area contributed by atoms with Crippen LogP contribution in [0.2, 0.25) is 5.02 Å². The SMILES string of the molecule is Clc1ccc(-c2cn(-c3ccccc3)c3ncn4nnnc4c23)cc1.